The van der Waals surface area contributed by atoms with Gasteiger partial charge in [-0.25, -0.2) is 9.37 Å². The molecule has 4 heteroatoms. The number of hydrogen-bond acceptors (Lipinski definition) is 2. The van der Waals surface area contributed by atoms with Gasteiger partial charge in [0.2, 0.25) is 0 Å². The molecular weight excluding hydrogens is 229 g/mol. The van der Waals surface area contributed by atoms with E-state index in [1.807, 2.05) is 35.9 Å². The summed E-state index contributed by atoms with van der Waals surface area (Å²) in [6, 6.07) is 8.62. The van der Waals surface area contributed by atoms with Crippen molar-refractivity contribution in [1.29, 1.82) is 0 Å². The van der Waals surface area contributed by atoms with Crippen LogP contribution in [0.15, 0.2) is 42.7 Å². The van der Waals surface area contributed by atoms with E-state index in [0.717, 1.165) is 22.5 Å². The fourth-order valence-corrected chi connectivity index (χ4v) is 2.00. The Hall–Kier alpha value is -2.36. The molecule has 0 spiro atoms. The average molecular weight is 241 g/mol. The number of nitrogens with zero attached hydrogens (tertiary/aromatic N) is 2. The lowest BCUT2D eigenvalue weighted by molar-refractivity contribution is 0.632. The molecule has 0 saturated heterocycles. The highest BCUT2D eigenvalue weighted by atomic mass is 19.1. The minimum absolute atomic E-state index is 0.140. The quantitative estimate of drug-likeness (QED) is 0.665. The van der Waals surface area contributed by atoms with Crippen LogP contribution in [0.1, 0.15) is 5.56 Å². The third-order valence-corrected chi connectivity index (χ3v) is 2.97. The first-order valence-corrected chi connectivity index (χ1v) is 5.65. The topological polar surface area (TPSA) is 43.3 Å². The molecule has 0 bridgehead atoms. The fourth-order valence-electron chi connectivity index (χ4n) is 2.00. The molecule has 1 aromatic carbocycles. The minimum atomic E-state index is -0.404. The standard InChI is InChI=1S/C14H12FN3/c1-9-3-2-6-18-8-13(17-14(9)18)10-4-5-11(15)12(16)7-10/h2-8H,16H2,1H3. The second-order valence-electron chi connectivity index (χ2n) is 4.28. The molecule has 0 aliphatic carbocycles. The molecule has 3 nitrogen and oxygen atoms in total. The molecule has 2 N–H and O–H groups in total. The molecule has 90 valence electrons. The first-order chi connectivity index (χ1) is 8.65. The van der Waals surface area contributed by atoms with Gasteiger partial charge in [0, 0.05) is 18.0 Å². The van der Waals surface area contributed by atoms with Gasteiger partial charge in [-0.15, -0.1) is 0 Å². The Kier molecular flexibility index (Phi) is 2.30. The van der Waals surface area contributed by atoms with Gasteiger partial charge < -0.3 is 10.1 Å². The summed E-state index contributed by atoms with van der Waals surface area (Å²) in [6.07, 6.45) is 3.85. The second-order valence-corrected chi connectivity index (χ2v) is 4.28. The molecule has 18 heavy (non-hydrogen) atoms. The summed E-state index contributed by atoms with van der Waals surface area (Å²) in [7, 11) is 0. The van der Waals surface area contributed by atoms with Gasteiger partial charge in [0.25, 0.3) is 0 Å². The molecule has 3 rings (SSSR count). The molecule has 3 aromatic rings. The number of anilines is 1. The van der Waals surface area contributed by atoms with Gasteiger partial charge in [-0.3, -0.25) is 0 Å². The van der Waals surface area contributed by atoms with Crippen LogP contribution in [-0.4, -0.2) is 9.38 Å². The van der Waals surface area contributed by atoms with Crippen molar-refractivity contribution in [3.05, 3.63) is 54.1 Å². The van der Waals surface area contributed by atoms with Crippen LogP contribution in [0.2, 0.25) is 0 Å². The predicted molar refractivity (Wildman–Crippen MR) is 69.7 cm³/mol. The van der Waals surface area contributed by atoms with E-state index in [1.165, 1.54) is 6.07 Å². The second kappa shape index (κ2) is 3.84. The van der Waals surface area contributed by atoms with E-state index in [1.54, 1.807) is 12.1 Å². The fraction of sp³-hybridized carbons (Fsp3) is 0.0714. The van der Waals surface area contributed by atoms with E-state index < -0.39 is 5.82 Å². The van der Waals surface area contributed by atoms with Crippen LogP contribution >= 0.6 is 0 Å². The number of aryl methyl sites for hydroxylation is 1. The first-order valence-electron chi connectivity index (χ1n) is 5.65. The maximum absolute atomic E-state index is 13.1. The van der Waals surface area contributed by atoms with Crippen LogP contribution < -0.4 is 5.73 Å². The van der Waals surface area contributed by atoms with Crippen LogP contribution in [0.3, 0.4) is 0 Å². The molecule has 0 amide bonds. The highest BCUT2D eigenvalue weighted by Crippen LogP contribution is 2.23. The number of hydrogen-bond donors (Lipinski definition) is 1. The first kappa shape index (κ1) is 10.8. The van der Waals surface area contributed by atoms with E-state index in [4.69, 9.17) is 5.73 Å². The van der Waals surface area contributed by atoms with Gasteiger partial charge in [0.1, 0.15) is 11.5 Å². The van der Waals surface area contributed by atoms with E-state index in [-0.39, 0.29) is 5.69 Å². The Bertz CT molecular complexity index is 731. The molecule has 0 aliphatic heterocycles. The lowest BCUT2D eigenvalue weighted by atomic mass is 10.1. The third kappa shape index (κ3) is 1.62. The van der Waals surface area contributed by atoms with Crippen LogP contribution in [-0.2, 0) is 0 Å². The molecule has 0 fully saturated rings. The van der Waals surface area contributed by atoms with E-state index in [9.17, 15) is 4.39 Å². The number of halogens is 1. The molecule has 0 atom stereocenters. The lowest BCUT2D eigenvalue weighted by Crippen LogP contribution is -1.90. The largest absolute Gasteiger partial charge is 0.396 e. The highest BCUT2D eigenvalue weighted by Gasteiger charge is 2.07. The summed E-state index contributed by atoms with van der Waals surface area (Å²) in [5, 5.41) is 0. The van der Waals surface area contributed by atoms with Crippen molar-refractivity contribution in [3.8, 4) is 11.3 Å². The zero-order valence-electron chi connectivity index (χ0n) is 9.89. The Morgan fingerprint density at radius 3 is 2.83 bits per heavy atom. The summed E-state index contributed by atoms with van der Waals surface area (Å²) in [5.74, 6) is -0.404. The zero-order valence-corrected chi connectivity index (χ0v) is 9.89. The normalized spacial score (nSPS) is 11.0. The molecule has 2 aromatic heterocycles. The van der Waals surface area contributed by atoms with Crippen molar-refractivity contribution in [2.75, 3.05) is 5.73 Å². The number of rotatable bonds is 1. The summed E-state index contributed by atoms with van der Waals surface area (Å²) in [6.45, 7) is 2.01. The Labute approximate surface area is 104 Å². The zero-order chi connectivity index (χ0) is 12.7. The van der Waals surface area contributed by atoms with Crippen LogP contribution in [0.4, 0.5) is 10.1 Å². The van der Waals surface area contributed by atoms with Crippen LogP contribution in [0.25, 0.3) is 16.9 Å². The number of aromatic nitrogens is 2. The molecule has 0 aliphatic rings. The number of fused-ring (bicyclic) bond motifs is 1. The Balaban J connectivity index is 2.19. The van der Waals surface area contributed by atoms with Crippen molar-refractivity contribution in [3.63, 3.8) is 0 Å². The van der Waals surface area contributed by atoms with E-state index >= 15 is 0 Å². The summed E-state index contributed by atoms with van der Waals surface area (Å²) in [5.41, 5.74) is 9.31. The van der Waals surface area contributed by atoms with Crippen molar-refractivity contribution >= 4 is 11.3 Å². The summed E-state index contributed by atoms with van der Waals surface area (Å²) >= 11 is 0. The van der Waals surface area contributed by atoms with E-state index in [0.29, 0.717) is 0 Å². The number of nitrogens with two attached hydrogens (primary N) is 1. The summed E-state index contributed by atoms with van der Waals surface area (Å²) < 4.78 is 15.1. The van der Waals surface area contributed by atoms with Gasteiger partial charge in [-0.05, 0) is 36.8 Å². The molecule has 0 unspecified atom stereocenters. The predicted octanol–water partition coefficient (Wildman–Crippen LogP) is 3.03. The molecule has 0 saturated carbocycles. The Morgan fingerprint density at radius 2 is 2.11 bits per heavy atom. The van der Waals surface area contributed by atoms with Gasteiger partial charge in [-0.1, -0.05) is 6.07 Å². The number of nitrogen functional groups attached to an aromatic ring is 1. The van der Waals surface area contributed by atoms with Gasteiger partial charge in [0.15, 0.2) is 0 Å². The van der Waals surface area contributed by atoms with Gasteiger partial charge in [0.05, 0.1) is 11.4 Å². The number of pyridine rings is 1. The molecule has 0 radical (unpaired) electrons. The number of benzene rings is 1. The van der Waals surface area contributed by atoms with Crippen LogP contribution in [0, 0.1) is 12.7 Å². The average Bonchev–Trinajstić information content (AvgIpc) is 2.78. The van der Waals surface area contributed by atoms with Gasteiger partial charge in [-0.2, -0.15) is 0 Å². The Morgan fingerprint density at radius 1 is 1.28 bits per heavy atom. The third-order valence-electron chi connectivity index (χ3n) is 2.97. The van der Waals surface area contributed by atoms with E-state index in [2.05, 4.69) is 4.98 Å². The lowest BCUT2D eigenvalue weighted by Gasteiger charge is -1.99. The summed E-state index contributed by atoms with van der Waals surface area (Å²) in [4.78, 5) is 4.54. The monoisotopic (exact) mass is 241 g/mol. The maximum atomic E-state index is 13.1. The van der Waals surface area contributed by atoms with Crippen molar-refractivity contribution in [1.82, 2.24) is 9.38 Å². The van der Waals surface area contributed by atoms with Crippen molar-refractivity contribution in [2.45, 2.75) is 6.92 Å². The maximum Gasteiger partial charge on any atom is 0.146 e. The molecular formula is C14H12FN3. The number of imidazole rings is 1. The minimum Gasteiger partial charge on any atom is -0.396 e. The van der Waals surface area contributed by atoms with Crippen molar-refractivity contribution < 1.29 is 4.39 Å². The van der Waals surface area contributed by atoms with Crippen molar-refractivity contribution in [2.24, 2.45) is 0 Å². The van der Waals surface area contributed by atoms with Crippen LogP contribution in [0.5, 0.6) is 0 Å². The highest BCUT2D eigenvalue weighted by molar-refractivity contribution is 5.67. The molecule has 2 heterocycles. The smallest absolute Gasteiger partial charge is 0.146 e. The van der Waals surface area contributed by atoms with Gasteiger partial charge >= 0.3 is 0 Å². The SMILES string of the molecule is Cc1cccn2cc(-c3ccc(F)c(N)c3)nc12.